The molecule has 96 valence electrons. The van der Waals surface area contributed by atoms with Gasteiger partial charge in [0.05, 0.1) is 11.1 Å². The Labute approximate surface area is 107 Å². The van der Waals surface area contributed by atoms with E-state index in [2.05, 4.69) is 0 Å². The lowest BCUT2D eigenvalue weighted by Crippen LogP contribution is -2.01. The van der Waals surface area contributed by atoms with Crippen molar-refractivity contribution in [2.45, 2.75) is 0 Å². The van der Waals surface area contributed by atoms with Crippen molar-refractivity contribution in [2.24, 2.45) is 0 Å². The molecule has 0 aromatic heterocycles. The van der Waals surface area contributed by atoms with Gasteiger partial charge in [-0.05, 0) is 41.5 Å². The van der Waals surface area contributed by atoms with Crippen LogP contribution in [0.5, 0.6) is 0 Å². The normalized spacial score (nSPS) is 10.2. The zero-order valence-corrected chi connectivity index (χ0v) is 9.63. The largest absolute Gasteiger partial charge is 0.478 e. The lowest BCUT2D eigenvalue weighted by Gasteiger charge is -2.07. The van der Waals surface area contributed by atoms with Crippen LogP contribution in [0.2, 0.25) is 0 Å². The van der Waals surface area contributed by atoms with Crippen LogP contribution in [0.1, 0.15) is 20.7 Å². The van der Waals surface area contributed by atoms with Crippen LogP contribution in [0.15, 0.2) is 42.5 Å². The molecule has 0 aliphatic carbocycles. The molecule has 2 aromatic rings. The Bertz CT molecular complexity index is 647. The van der Waals surface area contributed by atoms with Crippen LogP contribution in [0.25, 0.3) is 11.1 Å². The van der Waals surface area contributed by atoms with Crippen molar-refractivity contribution in [3.05, 3.63) is 59.4 Å². The number of carbonyl (C=O) groups is 2. The first-order valence-electron chi connectivity index (χ1n) is 5.35. The summed E-state index contributed by atoms with van der Waals surface area (Å²) in [5.41, 5.74) is 0.702. The highest BCUT2D eigenvalue weighted by Gasteiger charge is 2.13. The van der Waals surface area contributed by atoms with Crippen molar-refractivity contribution in [2.75, 3.05) is 0 Å². The second kappa shape index (κ2) is 4.89. The number of aromatic carboxylic acids is 2. The fraction of sp³-hybridized carbons (Fsp3) is 0. The smallest absolute Gasteiger partial charge is 0.336 e. The minimum absolute atomic E-state index is 0.0375. The van der Waals surface area contributed by atoms with E-state index in [0.717, 1.165) is 12.1 Å². The van der Waals surface area contributed by atoms with Crippen LogP contribution in [-0.4, -0.2) is 22.2 Å². The van der Waals surface area contributed by atoms with Crippen LogP contribution >= 0.6 is 0 Å². The Morgan fingerprint density at radius 1 is 0.895 bits per heavy atom. The van der Waals surface area contributed by atoms with E-state index >= 15 is 0 Å². The molecule has 0 amide bonds. The van der Waals surface area contributed by atoms with E-state index in [1.165, 1.54) is 30.3 Å². The van der Waals surface area contributed by atoms with Crippen LogP contribution in [-0.2, 0) is 0 Å². The predicted molar refractivity (Wildman–Crippen MR) is 65.8 cm³/mol. The molecule has 0 heterocycles. The SMILES string of the molecule is O=C(O)c1ccc(-c2cc(F)ccc2C(=O)O)cc1. The molecule has 2 aromatic carbocycles. The van der Waals surface area contributed by atoms with E-state index in [-0.39, 0.29) is 16.7 Å². The molecular weight excluding hydrogens is 251 g/mol. The summed E-state index contributed by atoms with van der Waals surface area (Å²) in [6.07, 6.45) is 0. The van der Waals surface area contributed by atoms with Crippen molar-refractivity contribution >= 4 is 11.9 Å². The van der Waals surface area contributed by atoms with E-state index in [1.54, 1.807) is 0 Å². The fourth-order valence-corrected chi connectivity index (χ4v) is 1.73. The maximum atomic E-state index is 13.2. The Balaban J connectivity index is 2.54. The van der Waals surface area contributed by atoms with Gasteiger partial charge in [0.15, 0.2) is 0 Å². The Morgan fingerprint density at radius 3 is 2.05 bits per heavy atom. The third-order valence-corrected chi connectivity index (χ3v) is 2.65. The predicted octanol–water partition coefficient (Wildman–Crippen LogP) is 2.89. The first-order valence-corrected chi connectivity index (χ1v) is 5.35. The minimum atomic E-state index is -1.17. The monoisotopic (exact) mass is 260 g/mol. The van der Waals surface area contributed by atoms with Crippen molar-refractivity contribution in [3.8, 4) is 11.1 Å². The summed E-state index contributed by atoms with van der Waals surface area (Å²) in [5.74, 6) is -2.80. The Morgan fingerprint density at radius 2 is 1.53 bits per heavy atom. The number of carboxylic acid groups (broad SMARTS) is 2. The highest BCUT2D eigenvalue weighted by Crippen LogP contribution is 2.25. The van der Waals surface area contributed by atoms with Crippen molar-refractivity contribution in [1.29, 1.82) is 0 Å². The van der Waals surface area contributed by atoms with Gasteiger partial charge in [0, 0.05) is 0 Å². The average Bonchev–Trinajstić information content (AvgIpc) is 2.38. The van der Waals surface area contributed by atoms with Gasteiger partial charge in [0.25, 0.3) is 0 Å². The first-order chi connectivity index (χ1) is 8.99. The second-order valence-electron chi connectivity index (χ2n) is 3.88. The maximum absolute atomic E-state index is 13.2. The fourth-order valence-electron chi connectivity index (χ4n) is 1.73. The summed E-state index contributed by atoms with van der Waals surface area (Å²) in [6, 6.07) is 8.94. The third-order valence-electron chi connectivity index (χ3n) is 2.65. The highest BCUT2D eigenvalue weighted by atomic mass is 19.1. The van der Waals surface area contributed by atoms with Crippen LogP contribution in [0.4, 0.5) is 4.39 Å². The molecule has 2 rings (SSSR count). The number of hydrogen-bond donors (Lipinski definition) is 2. The zero-order valence-electron chi connectivity index (χ0n) is 9.63. The van der Waals surface area contributed by atoms with E-state index in [0.29, 0.717) is 5.56 Å². The minimum Gasteiger partial charge on any atom is -0.478 e. The molecule has 0 saturated heterocycles. The molecule has 0 atom stereocenters. The lowest BCUT2D eigenvalue weighted by atomic mass is 9.98. The lowest BCUT2D eigenvalue weighted by molar-refractivity contribution is 0.0686. The molecule has 4 nitrogen and oxygen atoms in total. The summed E-state index contributed by atoms with van der Waals surface area (Å²) in [7, 11) is 0. The second-order valence-corrected chi connectivity index (χ2v) is 3.88. The first kappa shape index (κ1) is 12.8. The van der Waals surface area contributed by atoms with Gasteiger partial charge in [0.1, 0.15) is 5.82 Å². The quantitative estimate of drug-likeness (QED) is 0.889. The topological polar surface area (TPSA) is 74.6 Å². The zero-order chi connectivity index (χ0) is 14.0. The number of halogens is 1. The van der Waals surface area contributed by atoms with Gasteiger partial charge in [0.2, 0.25) is 0 Å². The Kier molecular flexibility index (Phi) is 3.29. The van der Waals surface area contributed by atoms with E-state index < -0.39 is 17.8 Å². The molecule has 5 heteroatoms. The molecule has 0 radical (unpaired) electrons. The molecule has 0 spiro atoms. The molecule has 19 heavy (non-hydrogen) atoms. The Hall–Kier alpha value is -2.69. The van der Waals surface area contributed by atoms with Crippen LogP contribution < -0.4 is 0 Å². The summed E-state index contributed by atoms with van der Waals surface area (Å²) < 4.78 is 13.2. The molecular formula is C14H9FO4. The third kappa shape index (κ3) is 2.60. The van der Waals surface area contributed by atoms with Gasteiger partial charge in [-0.2, -0.15) is 0 Å². The van der Waals surface area contributed by atoms with E-state index in [9.17, 15) is 14.0 Å². The van der Waals surface area contributed by atoms with E-state index in [1.807, 2.05) is 0 Å². The molecule has 2 N–H and O–H groups in total. The standard InChI is InChI=1S/C14H9FO4/c15-10-5-6-11(14(18)19)12(7-10)8-1-3-9(4-2-8)13(16)17/h1-7H,(H,16,17)(H,18,19). The summed E-state index contributed by atoms with van der Waals surface area (Å²) in [4.78, 5) is 21.8. The van der Waals surface area contributed by atoms with Crippen molar-refractivity contribution < 1.29 is 24.2 Å². The van der Waals surface area contributed by atoms with Gasteiger partial charge < -0.3 is 10.2 Å². The molecule has 0 aliphatic rings. The number of benzene rings is 2. The van der Waals surface area contributed by atoms with E-state index in [4.69, 9.17) is 10.2 Å². The average molecular weight is 260 g/mol. The molecule has 0 bridgehead atoms. The van der Waals surface area contributed by atoms with Gasteiger partial charge >= 0.3 is 11.9 Å². The van der Waals surface area contributed by atoms with Crippen LogP contribution in [0, 0.1) is 5.82 Å². The molecule has 0 aliphatic heterocycles. The summed E-state index contributed by atoms with van der Waals surface area (Å²) in [6.45, 7) is 0. The number of rotatable bonds is 3. The van der Waals surface area contributed by atoms with Crippen LogP contribution in [0.3, 0.4) is 0 Å². The molecule has 0 fully saturated rings. The van der Waals surface area contributed by atoms with Gasteiger partial charge in [-0.3, -0.25) is 0 Å². The number of hydrogen-bond acceptors (Lipinski definition) is 2. The van der Waals surface area contributed by atoms with Crippen molar-refractivity contribution in [1.82, 2.24) is 0 Å². The maximum Gasteiger partial charge on any atom is 0.336 e. The van der Waals surface area contributed by atoms with Gasteiger partial charge in [-0.25, -0.2) is 14.0 Å². The van der Waals surface area contributed by atoms with Gasteiger partial charge in [-0.15, -0.1) is 0 Å². The number of carboxylic acids is 2. The molecule has 0 unspecified atom stereocenters. The van der Waals surface area contributed by atoms with Crippen molar-refractivity contribution in [3.63, 3.8) is 0 Å². The molecule has 0 saturated carbocycles. The van der Waals surface area contributed by atoms with Gasteiger partial charge in [-0.1, -0.05) is 12.1 Å². The summed E-state index contributed by atoms with van der Waals surface area (Å²) in [5, 5.41) is 17.8. The highest BCUT2D eigenvalue weighted by molar-refractivity contribution is 5.96. The summed E-state index contributed by atoms with van der Waals surface area (Å²) >= 11 is 0.